The molecule has 1 unspecified atom stereocenters. The molecule has 1 aliphatic rings. The molecule has 0 N–H and O–H groups in total. The van der Waals surface area contributed by atoms with Gasteiger partial charge in [0.2, 0.25) is 0 Å². The van der Waals surface area contributed by atoms with Crippen LogP contribution in [0.25, 0.3) is 21.9 Å². The summed E-state index contributed by atoms with van der Waals surface area (Å²) in [5.74, 6) is 0.107. The van der Waals surface area contributed by atoms with E-state index < -0.39 is 16.1 Å². The van der Waals surface area contributed by atoms with Crippen LogP contribution >= 0.6 is 18.6 Å². The van der Waals surface area contributed by atoms with Crippen LogP contribution in [0.3, 0.4) is 0 Å². The first-order valence-corrected chi connectivity index (χ1v) is 16.2. The summed E-state index contributed by atoms with van der Waals surface area (Å²) in [6, 6.07) is 40.7. The van der Waals surface area contributed by atoms with Crippen molar-refractivity contribution in [3.63, 3.8) is 0 Å². The van der Waals surface area contributed by atoms with Crippen LogP contribution < -0.4 is 0 Å². The molecular formula is C30H21Cl2OTi. The maximum absolute atomic E-state index is 6.41. The van der Waals surface area contributed by atoms with Gasteiger partial charge in [0.25, 0.3) is 0 Å². The van der Waals surface area contributed by atoms with Crippen molar-refractivity contribution in [3.8, 4) is 11.1 Å². The minimum atomic E-state index is -2.68. The van der Waals surface area contributed by atoms with E-state index in [1.54, 1.807) is 0 Å². The van der Waals surface area contributed by atoms with Crippen LogP contribution in [-0.4, -0.2) is 0 Å². The van der Waals surface area contributed by atoms with Gasteiger partial charge in [-0.1, -0.05) is 0 Å². The predicted molar refractivity (Wildman–Crippen MR) is 138 cm³/mol. The van der Waals surface area contributed by atoms with Crippen molar-refractivity contribution in [2.45, 2.75) is 12.0 Å². The fourth-order valence-corrected chi connectivity index (χ4v) is 6.77. The third-order valence-corrected chi connectivity index (χ3v) is 8.10. The van der Waals surface area contributed by atoms with E-state index in [1.165, 1.54) is 38.6 Å². The Hall–Kier alpha value is -2.39. The summed E-state index contributed by atoms with van der Waals surface area (Å²) in [6.07, 6.45) is -0.341. The van der Waals surface area contributed by atoms with Crippen LogP contribution in [0.15, 0.2) is 115 Å². The van der Waals surface area contributed by atoms with Crippen LogP contribution in [-0.2, 0) is 19.5 Å². The quantitative estimate of drug-likeness (QED) is 0.208. The van der Waals surface area contributed by atoms with Gasteiger partial charge in [-0.05, 0) is 0 Å². The summed E-state index contributed by atoms with van der Waals surface area (Å²) in [6.45, 7) is 0. The zero-order valence-electron chi connectivity index (χ0n) is 18.3. The van der Waals surface area contributed by atoms with Crippen LogP contribution in [0.1, 0.15) is 39.8 Å². The van der Waals surface area contributed by atoms with Gasteiger partial charge >= 0.3 is 215 Å². The Morgan fingerprint density at radius 3 is 1.85 bits per heavy atom. The second kappa shape index (κ2) is 9.34. The first-order chi connectivity index (χ1) is 16.7. The minimum absolute atomic E-state index is 0.107. The number of rotatable bonds is 5. The van der Waals surface area contributed by atoms with Crippen molar-refractivity contribution >= 4 is 29.4 Å². The maximum atomic E-state index is 6.41. The molecule has 0 fully saturated rings. The molecule has 1 nitrogen and oxygen atoms in total. The second-order valence-corrected chi connectivity index (χ2v) is 13.2. The Kier molecular flexibility index (Phi) is 6.07. The van der Waals surface area contributed by atoms with Gasteiger partial charge in [-0.15, -0.1) is 0 Å². The van der Waals surface area contributed by atoms with Gasteiger partial charge in [-0.3, -0.25) is 0 Å². The van der Waals surface area contributed by atoms with Gasteiger partial charge in [-0.2, -0.15) is 0 Å². The van der Waals surface area contributed by atoms with Gasteiger partial charge in [0.15, 0.2) is 0 Å². The van der Waals surface area contributed by atoms with E-state index in [2.05, 4.69) is 97.1 Å². The average Bonchev–Trinajstić information content (AvgIpc) is 3.21. The molecule has 0 aliphatic heterocycles. The standard InChI is InChI=1S/C30H21O.2ClH.Ti/c31-30(21-11-2-1-3-12-21)29-22-13-5-4-10-20(22)18-19-27(29)28-25-16-8-6-14-23(25)24-15-7-9-17-26(24)28;;;/h1-19,28,30H;2*1H;/q-1;;;+3/p-2. The summed E-state index contributed by atoms with van der Waals surface area (Å²) in [5, 5.41) is 2.35. The van der Waals surface area contributed by atoms with Gasteiger partial charge in [-0.25, -0.2) is 0 Å². The molecule has 0 aromatic heterocycles. The van der Waals surface area contributed by atoms with Crippen molar-refractivity contribution < 1.29 is 19.5 Å². The third kappa shape index (κ3) is 3.83. The second-order valence-electron chi connectivity index (χ2n) is 8.53. The molecule has 1 aliphatic carbocycles. The first-order valence-electron chi connectivity index (χ1n) is 11.3. The third-order valence-electron chi connectivity index (χ3n) is 6.72. The molecule has 0 bridgehead atoms. The van der Waals surface area contributed by atoms with Crippen molar-refractivity contribution in [3.05, 3.63) is 143 Å². The van der Waals surface area contributed by atoms with Gasteiger partial charge in [0, 0.05) is 0 Å². The summed E-state index contributed by atoms with van der Waals surface area (Å²) in [7, 11) is 12.8. The number of halogens is 2. The Morgan fingerprint density at radius 2 is 1.18 bits per heavy atom. The molecular weight excluding hydrogens is 495 g/mol. The molecule has 165 valence electrons. The van der Waals surface area contributed by atoms with E-state index in [0.29, 0.717) is 0 Å². The Labute approximate surface area is 214 Å². The first kappa shape index (κ1) is 22.1. The average molecular weight is 516 g/mol. The fourth-order valence-electron chi connectivity index (χ4n) is 5.36. The number of benzene rings is 5. The normalized spacial score (nSPS) is 13.5. The fraction of sp³-hybridized carbons (Fsp3) is 0.0667. The molecule has 1 atom stereocenters. The molecule has 34 heavy (non-hydrogen) atoms. The summed E-state index contributed by atoms with van der Waals surface area (Å²) in [5.41, 5.74) is 8.67. The van der Waals surface area contributed by atoms with E-state index in [-0.39, 0.29) is 12.0 Å². The van der Waals surface area contributed by atoms with Crippen LogP contribution in [0.5, 0.6) is 0 Å². The van der Waals surface area contributed by atoms with Crippen molar-refractivity contribution in [2.24, 2.45) is 0 Å². The van der Waals surface area contributed by atoms with Crippen molar-refractivity contribution in [2.75, 3.05) is 0 Å². The molecule has 0 amide bonds. The molecule has 4 heteroatoms. The summed E-state index contributed by atoms with van der Waals surface area (Å²) < 4.78 is 6.40. The zero-order valence-corrected chi connectivity index (χ0v) is 21.4. The van der Waals surface area contributed by atoms with Crippen LogP contribution in [0.4, 0.5) is 0 Å². The summed E-state index contributed by atoms with van der Waals surface area (Å²) >= 11 is -2.68. The van der Waals surface area contributed by atoms with Gasteiger partial charge in [0.1, 0.15) is 0 Å². The molecule has 0 heterocycles. The predicted octanol–water partition coefficient (Wildman–Crippen LogP) is 8.95. The topological polar surface area (TPSA) is 9.23 Å². The van der Waals surface area contributed by atoms with E-state index in [9.17, 15) is 0 Å². The monoisotopic (exact) mass is 515 g/mol. The Bertz CT molecular complexity index is 1440. The van der Waals surface area contributed by atoms with Gasteiger partial charge in [0.05, 0.1) is 0 Å². The molecule has 6 rings (SSSR count). The molecule has 0 saturated heterocycles. The molecule has 0 saturated carbocycles. The van der Waals surface area contributed by atoms with E-state index in [4.69, 9.17) is 21.9 Å². The molecule has 5 aromatic rings. The number of hydrogen-bond acceptors (Lipinski definition) is 1. The molecule has 0 spiro atoms. The Morgan fingerprint density at radius 1 is 0.588 bits per heavy atom. The van der Waals surface area contributed by atoms with Crippen molar-refractivity contribution in [1.29, 1.82) is 0 Å². The Balaban J connectivity index is 1.67. The SMILES string of the molecule is [Cl][Ti]([Cl])[O]C(c1ccccc1)c1c(C2c3ccccc3-c3ccccc32)ccc2ccccc12. The van der Waals surface area contributed by atoms with Gasteiger partial charge < -0.3 is 0 Å². The summed E-state index contributed by atoms with van der Waals surface area (Å²) in [4.78, 5) is 0. The van der Waals surface area contributed by atoms with Crippen LogP contribution in [0.2, 0.25) is 0 Å². The molecule has 5 aromatic carbocycles. The van der Waals surface area contributed by atoms with E-state index >= 15 is 0 Å². The molecule has 0 radical (unpaired) electrons. The zero-order chi connectivity index (χ0) is 23.1. The van der Waals surface area contributed by atoms with E-state index in [0.717, 1.165) is 11.1 Å². The van der Waals surface area contributed by atoms with Crippen molar-refractivity contribution in [1.82, 2.24) is 0 Å². The number of hydrogen-bond donors (Lipinski definition) is 0. The van der Waals surface area contributed by atoms with E-state index in [1.807, 2.05) is 18.2 Å². The number of fused-ring (bicyclic) bond motifs is 4. The van der Waals surface area contributed by atoms with Crippen LogP contribution in [0, 0.1) is 0 Å².